The van der Waals surface area contributed by atoms with Crippen LogP contribution in [0, 0.1) is 6.92 Å². The second-order valence-electron chi connectivity index (χ2n) is 5.65. The second-order valence-corrected chi connectivity index (χ2v) is 7.57. The van der Waals surface area contributed by atoms with Gasteiger partial charge < -0.3 is 0 Å². The van der Waals surface area contributed by atoms with Crippen LogP contribution < -0.4 is 5.43 Å². The number of aryl methyl sites for hydroxylation is 1. The first-order chi connectivity index (χ1) is 12.8. The Labute approximate surface area is 159 Å². The molecule has 0 amide bonds. The molecule has 0 aliphatic carbocycles. The first kappa shape index (κ1) is 16.6. The lowest BCUT2D eigenvalue weighted by molar-refractivity contribution is 1.28. The molecule has 6 heteroatoms. The molecule has 0 atom stereocenters. The Morgan fingerprint density at radius 1 is 0.885 bits per heavy atom. The smallest absolute Gasteiger partial charge is 0.203 e. The molecule has 0 aliphatic rings. The highest BCUT2D eigenvalue weighted by Crippen LogP contribution is 2.25. The van der Waals surface area contributed by atoms with E-state index in [0.717, 1.165) is 38.2 Å². The van der Waals surface area contributed by atoms with Gasteiger partial charge in [-0.2, -0.15) is 5.10 Å². The van der Waals surface area contributed by atoms with Gasteiger partial charge in [-0.05, 0) is 18.6 Å². The Bertz CT molecular complexity index is 1030. The number of rotatable bonds is 5. The summed E-state index contributed by atoms with van der Waals surface area (Å²) in [6, 6.07) is 18.3. The van der Waals surface area contributed by atoms with Crippen molar-refractivity contribution in [2.45, 2.75) is 6.92 Å². The number of hydrogen-bond donors (Lipinski definition) is 1. The summed E-state index contributed by atoms with van der Waals surface area (Å²) in [5, 5.41) is 10.3. The predicted octanol–water partition coefficient (Wildman–Crippen LogP) is 5.69. The first-order valence-electron chi connectivity index (χ1n) is 8.10. The van der Waals surface area contributed by atoms with Crippen molar-refractivity contribution < 1.29 is 0 Å². The van der Waals surface area contributed by atoms with Crippen LogP contribution in [0.25, 0.3) is 22.5 Å². The minimum Gasteiger partial charge on any atom is -0.253 e. The van der Waals surface area contributed by atoms with Crippen LogP contribution in [0.5, 0.6) is 0 Å². The number of aromatic nitrogens is 2. The Hall–Kier alpha value is -2.83. The fourth-order valence-electron chi connectivity index (χ4n) is 2.50. The topological polar surface area (TPSA) is 50.2 Å². The van der Waals surface area contributed by atoms with Crippen molar-refractivity contribution >= 4 is 34.0 Å². The number of hydrogen-bond acceptors (Lipinski definition) is 6. The SMILES string of the molecule is Cc1nc(-c2cccc(C=NNc3nc(-c4ccccc4)cs3)c2)cs1. The molecule has 2 heterocycles. The monoisotopic (exact) mass is 376 g/mol. The molecule has 2 aromatic heterocycles. The quantitative estimate of drug-likeness (QED) is 0.360. The van der Waals surface area contributed by atoms with Crippen molar-refractivity contribution in [3.63, 3.8) is 0 Å². The van der Waals surface area contributed by atoms with Gasteiger partial charge in [0.1, 0.15) is 0 Å². The minimum absolute atomic E-state index is 0.770. The van der Waals surface area contributed by atoms with Gasteiger partial charge in [0.05, 0.1) is 22.6 Å². The van der Waals surface area contributed by atoms with Crippen LogP contribution in [-0.4, -0.2) is 16.2 Å². The van der Waals surface area contributed by atoms with E-state index in [1.54, 1.807) is 17.6 Å². The number of nitrogens with zero attached hydrogens (tertiary/aromatic N) is 3. The molecule has 0 radical (unpaired) electrons. The number of hydrazone groups is 1. The van der Waals surface area contributed by atoms with Crippen LogP contribution in [0.1, 0.15) is 10.6 Å². The summed E-state index contributed by atoms with van der Waals surface area (Å²) in [5.74, 6) is 0. The molecule has 0 bridgehead atoms. The van der Waals surface area contributed by atoms with Crippen molar-refractivity contribution in [1.29, 1.82) is 0 Å². The third-order valence-corrected chi connectivity index (χ3v) is 5.27. The maximum absolute atomic E-state index is 4.56. The normalized spacial score (nSPS) is 11.1. The Balaban J connectivity index is 1.45. The van der Waals surface area contributed by atoms with Gasteiger partial charge in [0.15, 0.2) is 0 Å². The summed E-state index contributed by atoms with van der Waals surface area (Å²) in [7, 11) is 0. The Morgan fingerprint density at radius 3 is 2.46 bits per heavy atom. The van der Waals surface area contributed by atoms with Crippen molar-refractivity contribution in [1.82, 2.24) is 9.97 Å². The molecule has 4 aromatic rings. The molecule has 0 aliphatic heterocycles. The number of thiazole rings is 2. The summed E-state index contributed by atoms with van der Waals surface area (Å²) >= 11 is 3.19. The highest BCUT2D eigenvalue weighted by Gasteiger charge is 2.04. The van der Waals surface area contributed by atoms with Gasteiger partial charge in [-0.1, -0.05) is 48.5 Å². The molecule has 4 nitrogen and oxygen atoms in total. The maximum atomic E-state index is 4.56. The molecule has 0 fully saturated rings. The van der Waals surface area contributed by atoms with Gasteiger partial charge in [0.2, 0.25) is 5.13 Å². The van der Waals surface area contributed by atoms with E-state index in [4.69, 9.17) is 0 Å². The molecule has 0 spiro atoms. The molecule has 26 heavy (non-hydrogen) atoms. The average molecular weight is 377 g/mol. The highest BCUT2D eigenvalue weighted by molar-refractivity contribution is 7.14. The molecule has 0 unspecified atom stereocenters. The summed E-state index contributed by atoms with van der Waals surface area (Å²) in [6.45, 7) is 2.02. The van der Waals surface area contributed by atoms with Gasteiger partial charge in [-0.25, -0.2) is 9.97 Å². The molecule has 0 saturated carbocycles. The molecule has 0 saturated heterocycles. The van der Waals surface area contributed by atoms with E-state index in [9.17, 15) is 0 Å². The van der Waals surface area contributed by atoms with Crippen LogP contribution in [0.3, 0.4) is 0 Å². The van der Waals surface area contributed by atoms with Gasteiger partial charge in [-0.3, -0.25) is 5.43 Å². The van der Waals surface area contributed by atoms with E-state index < -0.39 is 0 Å². The maximum Gasteiger partial charge on any atom is 0.203 e. The number of benzene rings is 2. The molecule has 128 valence electrons. The number of nitrogens with one attached hydrogen (secondary N) is 1. The molecular weight excluding hydrogens is 360 g/mol. The van der Waals surface area contributed by atoms with Crippen LogP contribution in [-0.2, 0) is 0 Å². The van der Waals surface area contributed by atoms with Gasteiger partial charge in [0, 0.05) is 21.9 Å². The van der Waals surface area contributed by atoms with E-state index in [0.29, 0.717) is 0 Å². The van der Waals surface area contributed by atoms with Crippen molar-refractivity contribution in [3.05, 3.63) is 75.9 Å². The minimum atomic E-state index is 0.770. The van der Waals surface area contributed by atoms with Crippen LogP contribution in [0.15, 0.2) is 70.5 Å². The summed E-state index contributed by atoms with van der Waals surface area (Å²) in [5.41, 5.74) is 8.18. The third-order valence-electron chi connectivity index (χ3n) is 3.75. The summed E-state index contributed by atoms with van der Waals surface area (Å²) in [6.07, 6.45) is 1.80. The zero-order chi connectivity index (χ0) is 17.8. The lowest BCUT2D eigenvalue weighted by Gasteiger charge is -1.99. The Kier molecular flexibility index (Phi) is 4.86. The third kappa shape index (κ3) is 3.87. The molecule has 4 rings (SSSR count). The predicted molar refractivity (Wildman–Crippen MR) is 111 cm³/mol. The Morgan fingerprint density at radius 2 is 1.65 bits per heavy atom. The zero-order valence-corrected chi connectivity index (χ0v) is 15.7. The largest absolute Gasteiger partial charge is 0.253 e. The number of anilines is 1. The van der Waals surface area contributed by atoms with Crippen molar-refractivity contribution in [2.24, 2.45) is 5.10 Å². The first-order valence-corrected chi connectivity index (χ1v) is 9.86. The molecular formula is C20H16N4S2. The van der Waals surface area contributed by atoms with Gasteiger partial charge in [0.25, 0.3) is 0 Å². The van der Waals surface area contributed by atoms with Crippen molar-refractivity contribution in [3.8, 4) is 22.5 Å². The lowest BCUT2D eigenvalue weighted by Crippen LogP contribution is -1.91. The second kappa shape index (κ2) is 7.59. The zero-order valence-electron chi connectivity index (χ0n) is 14.1. The fraction of sp³-hybridized carbons (Fsp3) is 0.0500. The highest BCUT2D eigenvalue weighted by atomic mass is 32.1. The van der Waals surface area contributed by atoms with Crippen molar-refractivity contribution in [2.75, 3.05) is 5.43 Å². The molecule has 2 aromatic carbocycles. The van der Waals surface area contributed by atoms with Crippen LogP contribution in [0.4, 0.5) is 5.13 Å². The van der Waals surface area contributed by atoms with E-state index in [-0.39, 0.29) is 0 Å². The van der Waals surface area contributed by atoms with Gasteiger partial charge in [-0.15, -0.1) is 22.7 Å². The lowest BCUT2D eigenvalue weighted by atomic mass is 10.1. The van der Waals surface area contributed by atoms with Crippen LogP contribution in [0.2, 0.25) is 0 Å². The van der Waals surface area contributed by atoms with E-state index in [2.05, 4.69) is 38.0 Å². The van der Waals surface area contributed by atoms with E-state index in [1.165, 1.54) is 11.3 Å². The standard InChI is InChI=1S/C20H16N4S2/c1-14-22-19(12-25-14)17-9-5-6-15(10-17)11-21-24-20-23-18(13-26-20)16-7-3-2-4-8-16/h2-13H,1H3,(H,23,24). The summed E-state index contributed by atoms with van der Waals surface area (Å²) < 4.78 is 0. The van der Waals surface area contributed by atoms with Gasteiger partial charge >= 0.3 is 0 Å². The van der Waals surface area contributed by atoms with E-state index in [1.807, 2.05) is 54.8 Å². The van der Waals surface area contributed by atoms with Crippen LogP contribution >= 0.6 is 22.7 Å². The van der Waals surface area contributed by atoms with E-state index >= 15 is 0 Å². The summed E-state index contributed by atoms with van der Waals surface area (Å²) in [4.78, 5) is 9.10. The average Bonchev–Trinajstić information content (AvgIpc) is 3.32. The fourth-order valence-corrected chi connectivity index (χ4v) is 3.79. The molecule has 1 N–H and O–H groups in total.